The number of benzene rings is 6. The smallest absolute Gasteiger partial charge is 0.870 e. The van der Waals surface area contributed by atoms with E-state index in [-0.39, 0.29) is 84.1 Å². The predicted molar refractivity (Wildman–Crippen MR) is 285 cm³/mol. The summed E-state index contributed by atoms with van der Waals surface area (Å²) in [5.74, 6) is -0.640. The van der Waals surface area contributed by atoms with Crippen LogP contribution in [0.25, 0.3) is 21.5 Å². The Morgan fingerprint density at radius 1 is 0.551 bits per heavy atom. The molecule has 0 fully saturated rings. The maximum Gasteiger partial charge on any atom is 1.00 e. The molecule has 3 N–H and O–H groups in total. The van der Waals surface area contributed by atoms with Gasteiger partial charge in [-0.25, -0.2) is 25.6 Å². The van der Waals surface area contributed by atoms with Crippen LogP contribution in [-0.4, -0.2) is 123 Å². The Balaban J connectivity index is 0.000000401. The van der Waals surface area contributed by atoms with Gasteiger partial charge in [0.15, 0.2) is 23.1 Å². The van der Waals surface area contributed by atoms with Crippen LogP contribution in [0.4, 0.5) is 31.5 Å². The molecule has 0 unspecified atom stereocenters. The molecule has 0 heterocycles. The van der Waals surface area contributed by atoms with Gasteiger partial charge in [-0.2, -0.15) is 0 Å². The van der Waals surface area contributed by atoms with Gasteiger partial charge < -0.3 is 44.4 Å². The van der Waals surface area contributed by atoms with Crippen molar-refractivity contribution in [2.45, 2.75) is 48.6 Å². The van der Waals surface area contributed by atoms with Crippen molar-refractivity contribution in [1.82, 2.24) is 0 Å². The van der Waals surface area contributed by atoms with E-state index in [1.165, 1.54) is 45.6 Å². The number of carbonyl (C=O) groups is 4. The summed E-state index contributed by atoms with van der Waals surface area (Å²) in [4.78, 5) is 50.1. The first-order valence-corrected chi connectivity index (χ1v) is 25.7. The van der Waals surface area contributed by atoms with Crippen LogP contribution in [0.3, 0.4) is 0 Å². The summed E-state index contributed by atoms with van der Waals surface area (Å²) in [5.41, 5.74) is 1.41. The molecule has 408 valence electrons. The molecule has 0 amide bonds. The van der Waals surface area contributed by atoms with Gasteiger partial charge in [-0.1, -0.05) is 60.4 Å². The van der Waals surface area contributed by atoms with E-state index in [1.54, 1.807) is 72.5 Å². The second-order valence-electron chi connectivity index (χ2n) is 16.6. The molecule has 6 aromatic carbocycles. The largest absolute Gasteiger partial charge is 1.00 e. The van der Waals surface area contributed by atoms with Gasteiger partial charge in [0, 0.05) is 45.0 Å². The zero-order valence-corrected chi connectivity index (χ0v) is 45.2. The minimum absolute atomic E-state index is 0. The summed E-state index contributed by atoms with van der Waals surface area (Å²) in [6, 6.07) is 25.2. The molecule has 0 aromatic heterocycles. The molecule has 24 heteroatoms. The van der Waals surface area contributed by atoms with Gasteiger partial charge in [0.2, 0.25) is 0 Å². The molecule has 6 rings (SSSR count). The van der Waals surface area contributed by atoms with Gasteiger partial charge in [0.05, 0.1) is 75.5 Å². The van der Waals surface area contributed by atoms with Crippen molar-refractivity contribution in [1.29, 1.82) is 0 Å². The summed E-state index contributed by atoms with van der Waals surface area (Å²) >= 11 is 0. The van der Waals surface area contributed by atoms with E-state index in [2.05, 4.69) is 11.8 Å². The fourth-order valence-corrected chi connectivity index (χ4v) is 11.1. The van der Waals surface area contributed by atoms with E-state index in [4.69, 9.17) is 31.8 Å². The number of carboxylic acids is 2. The van der Waals surface area contributed by atoms with Crippen molar-refractivity contribution in [3.05, 3.63) is 121 Å². The van der Waals surface area contributed by atoms with Crippen molar-refractivity contribution in [3.63, 3.8) is 0 Å². The molecule has 0 aliphatic rings. The van der Waals surface area contributed by atoms with Crippen LogP contribution in [-0.2, 0) is 48.7 Å². The first-order chi connectivity index (χ1) is 36.1. The third-order valence-electron chi connectivity index (χ3n) is 11.9. The van der Waals surface area contributed by atoms with E-state index in [0.29, 0.717) is 37.2 Å². The Hall–Kier alpha value is -8.04. The summed E-state index contributed by atoms with van der Waals surface area (Å²) in [6.45, 7) is 2.18. The van der Waals surface area contributed by atoms with Crippen LogP contribution in [0.15, 0.2) is 119 Å². The number of aliphatic carboxylic acids is 2. The number of rotatable bonds is 22. The summed E-state index contributed by atoms with van der Waals surface area (Å²) in [5, 5.41) is 20.8. The van der Waals surface area contributed by atoms with Crippen molar-refractivity contribution in [3.8, 4) is 36.2 Å². The number of halogens is 2. The minimum Gasteiger partial charge on any atom is -0.870 e. The van der Waals surface area contributed by atoms with Crippen molar-refractivity contribution < 1.29 is 98.3 Å². The Kier molecular flexibility index (Phi) is 23.4. The fraction of sp³-hybridized carbons (Fsp3) is 0.259. The Labute approximate surface area is 462 Å². The number of methoxy groups -OCH3 is 4. The normalized spacial score (nSPS) is 11.6. The van der Waals surface area contributed by atoms with Crippen LogP contribution in [0.1, 0.15) is 26.7 Å². The number of anilines is 4. The molecule has 0 aliphatic heterocycles. The number of ether oxygens (including phenoxy) is 4. The number of carboxylic acid groups (broad SMARTS) is 2. The minimum atomic E-state index is -4.53. The average molecular weight is 1110 g/mol. The number of hydrogen-bond donors (Lipinski definition) is 2. The second kappa shape index (κ2) is 28.4. The number of hydrogen-bond acceptors (Lipinski definition) is 15. The van der Waals surface area contributed by atoms with E-state index < -0.39 is 79.6 Å². The average Bonchev–Trinajstić information content (AvgIpc) is 3.43. The third-order valence-corrected chi connectivity index (χ3v) is 15.4. The zero-order chi connectivity index (χ0) is 56.1. The second-order valence-corrected chi connectivity index (χ2v) is 20.3. The van der Waals surface area contributed by atoms with Crippen molar-refractivity contribution in [2.75, 3.05) is 73.0 Å². The van der Waals surface area contributed by atoms with Gasteiger partial charge in [-0.3, -0.25) is 27.8 Å². The summed E-state index contributed by atoms with van der Waals surface area (Å²) < 4.78 is 104. The molecular formula is C54H55F2LiN4O15S2. The van der Waals surface area contributed by atoms with Crippen LogP contribution in [0.5, 0.6) is 11.5 Å². The number of esters is 2. The molecular weight excluding hydrogens is 1050 g/mol. The summed E-state index contributed by atoms with van der Waals surface area (Å²) in [6.07, 6.45) is 11.0. The molecule has 78 heavy (non-hydrogen) atoms. The standard InChI is InChI=1S/C28H29FN2O7S.C26H25FN2O7S.Li.H2O/c1-6-15-30(19(2)16-27(32)37-4)24-12-13-25(22-10-8-7-9-21(22)24)31(18-28(33)38-5)39(34,35)20-11-14-26(36-3)23(29)17-20;1-4-13-28(17(2)14-25(30)31)22-10-11-23(20-8-6-5-7-19(20)22)29(16-26(32)33)37(34,35)18-9-12-24(36-3)21(27)15-18;;/h1,7-14,17,19H,15-16,18H2,2-5H3;1,5-12,15,17H,13-14,16H2,2-3H3,(H,30,31)(H,32,33);;1H2/q;;+1;/p-1/t19-;17-;;/m00../s1. The van der Waals surface area contributed by atoms with Gasteiger partial charge in [0.25, 0.3) is 20.0 Å². The van der Waals surface area contributed by atoms with Gasteiger partial charge in [-0.15, -0.1) is 12.8 Å². The molecule has 6 aromatic rings. The number of sulfonamides is 2. The third kappa shape index (κ3) is 14.7. The molecule has 0 radical (unpaired) electrons. The Bertz CT molecular complexity index is 3470. The van der Waals surface area contributed by atoms with Crippen LogP contribution < -0.4 is 46.7 Å². The quantitative estimate of drug-likeness (QED) is 0.0550. The topological polar surface area (TPSA) is 257 Å². The van der Waals surface area contributed by atoms with Gasteiger partial charge in [-0.05, 0) is 74.5 Å². The molecule has 2 atom stereocenters. The monoisotopic (exact) mass is 1110 g/mol. The first kappa shape index (κ1) is 64.2. The van der Waals surface area contributed by atoms with Crippen molar-refractivity contribution in [2.24, 2.45) is 0 Å². The van der Waals surface area contributed by atoms with Crippen LogP contribution in [0.2, 0.25) is 0 Å². The number of carbonyl (C=O) groups excluding carboxylic acids is 2. The van der Waals surface area contributed by atoms with E-state index in [0.717, 1.165) is 35.7 Å². The molecule has 0 saturated carbocycles. The molecule has 0 spiro atoms. The number of nitrogens with zero attached hydrogens (tertiary/aromatic N) is 4. The number of terminal acetylenes is 2. The Morgan fingerprint density at radius 3 is 1.24 bits per heavy atom. The van der Waals surface area contributed by atoms with Gasteiger partial charge >= 0.3 is 42.7 Å². The molecule has 0 saturated heterocycles. The van der Waals surface area contributed by atoms with E-state index in [9.17, 15) is 55.0 Å². The van der Waals surface area contributed by atoms with Gasteiger partial charge in [0.1, 0.15) is 13.1 Å². The maximum absolute atomic E-state index is 14.5. The summed E-state index contributed by atoms with van der Waals surface area (Å²) in [7, 11) is -4.04. The van der Waals surface area contributed by atoms with E-state index >= 15 is 0 Å². The maximum atomic E-state index is 14.5. The van der Waals surface area contributed by atoms with Crippen molar-refractivity contribution >= 4 is 88.2 Å². The predicted octanol–water partition coefficient (Wildman–Crippen LogP) is 4.14. The van der Waals surface area contributed by atoms with Crippen LogP contribution in [0, 0.1) is 36.3 Å². The van der Waals surface area contributed by atoms with Crippen LogP contribution >= 0.6 is 0 Å². The molecule has 0 bridgehead atoms. The number of fused-ring (bicyclic) bond motifs is 2. The van der Waals surface area contributed by atoms with E-state index in [1.807, 2.05) is 11.8 Å². The molecule has 0 aliphatic carbocycles. The zero-order valence-electron chi connectivity index (χ0n) is 43.5. The Morgan fingerprint density at radius 2 is 0.910 bits per heavy atom. The SMILES string of the molecule is C#CCN(c1ccc(N(CC(=O)O)S(=O)(=O)c2ccc(OC)c(F)c2)c2ccccc12)[C@@H](C)CC(=O)O.C#CCN(c1ccc(N(CC(=O)OC)S(=O)(=O)c2ccc(OC)c(F)c2)c2ccccc12)[C@@H](C)CC(=O)OC.[Li+].[OH-]. The molecule has 19 nitrogen and oxygen atoms in total. The first-order valence-electron chi connectivity index (χ1n) is 22.8. The fourth-order valence-electron chi connectivity index (χ4n) is 8.20.